The van der Waals surface area contributed by atoms with Crippen LogP contribution in [0.2, 0.25) is 0 Å². The molecule has 0 atom stereocenters. The number of ketones is 6. The summed E-state index contributed by atoms with van der Waals surface area (Å²) in [6.07, 6.45) is 23.7. The van der Waals surface area contributed by atoms with Crippen LogP contribution in [-0.4, -0.2) is 34.7 Å². The van der Waals surface area contributed by atoms with Gasteiger partial charge in [0.05, 0.1) is 0 Å². The van der Waals surface area contributed by atoms with Crippen LogP contribution < -0.4 is 0 Å². The van der Waals surface area contributed by atoms with Gasteiger partial charge in [0.25, 0.3) is 0 Å². The van der Waals surface area contributed by atoms with Crippen LogP contribution in [0, 0.1) is 156 Å². The first-order valence-electron chi connectivity index (χ1n) is 21.9. The molecule has 0 aromatic heterocycles. The first kappa shape index (κ1) is 98.6. The molecule has 0 N–H and O–H groups in total. The topological polar surface area (TPSA) is 102 Å². The van der Waals surface area contributed by atoms with E-state index in [1.165, 1.54) is 19.3 Å². The van der Waals surface area contributed by atoms with E-state index in [1.54, 1.807) is 0 Å². The molecule has 0 saturated carbocycles. The fourth-order valence-corrected chi connectivity index (χ4v) is 5.29. The molecule has 0 rings (SSSR count). The van der Waals surface area contributed by atoms with Gasteiger partial charge in [-0.25, -0.2) is 0 Å². The molecular weight excluding hydrogens is 1470 g/mol. The van der Waals surface area contributed by atoms with Crippen molar-refractivity contribution in [2.75, 3.05) is 0 Å². The molecule has 0 aromatic carbocycles. The Bertz CT molecular complexity index is 867. The summed E-state index contributed by atoms with van der Waals surface area (Å²) < 4.78 is 0. The van der Waals surface area contributed by atoms with Crippen LogP contribution in [0.5, 0.6) is 0 Å². The molecule has 0 aromatic rings. The van der Waals surface area contributed by atoms with Crippen LogP contribution in [0.3, 0.4) is 0 Å². The summed E-state index contributed by atoms with van der Waals surface area (Å²) in [6.45, 7) is 24.8. The maximum Gasteiger partial charge on any atom is 2.00 e. The summed E-state index contributed by atoms with van der Waals surface area (Å²) in [7, 11) is 0. The number of hydrogen-bond acceptors (Lipinski definition) is 6. The predicted octanol–water partition coefficient (Wildman–Crippen LogP) is 17.4. The van der Waals surface area contributed by atoms with Gasteiger partial charge in [-0.3, -0.25) is 14.4 Å². The Morgan fingerprint density at radius 1 is 0.344 bits per heavy atom. The molecule has 0 fully saturated rings. The summed E-state index contributed by atoms with van der Waals surface area (Å²) >= 11 is 0. The van der Waals surface area contributed by atoms with Gasteiger partial charge in [0, 0.05) is 99.2 Å². The van der Waals surface area contributed by atoms with Crippen LogP contribution in [-0.2, 0) is 28.8 Å². The minimum Gasteiger partial charge on any atom is -0.358 e. The molecule has 6 nitrogen and oxygen atoms in total. The van der Waals surface area contributed by atoms with E-state index in [4.69, 9.17) is 0 Å². The third-order valence-electron chi connectivity index (χ3n) is 9.30. The van der Waals surface area contributed by atoms with Crippen molar-refractivity contribution in [1.29, 1.82) is 0 Å². The van der Waals surface area contributed by atoms with Crippen molar-refractivity contribution < 1.29 is 122 Å². The molecule has 0 saturated heterocycles. The van der Waals surface area contributed by atoms with Crippen molar-refractivity contribution in [1.82, 2.24) is 0 Å². The first-order chi connectivity index (χ1) is 25.3. The molecule has 0 unspecified atom stereocenters. The van der Waals surface area contributed by atoms with E-state index in [2.05, 4.69) is 41.5 Å². The monoisotopic (exact) mass is 1590 g/mol. The van der Waals surface area contributed by atoms with E-state index in [1.807, 2.05) is 60.8 Å². The number of Topliss-reactive ketones (excluding diaryl/α,β-unsaturated/α-hetero) is 6. The largest absolute Gasteiger partial charge is 2.00 e. The minimum absolute atomic E-state index is 0. The second-order valence-electron chi connectivity index (χ2n) is 17.5. The average Bonchev–Trinajstić information content (AvgIpc) is 3.09. The number of unbranched alkanes of at least 4 members (excludes halogenated alkanes) is 6. The fourth-order valence-electron chi connectivity index (χ4n) is 5.29. The second kappa shape index (κ2) is 68.4. The van der Waals surface area contributed by atoms with Crippen molar-refractivity contribution in [2.45, 2.75) is 262 Å². The Balaban J connectivity index is -0.0000000514. The number of hydrogen-bond donors (Lipinski definition) is 0. The van der Waals surface area contributed by atoms with Gasteiger partial charge in [-0.1, -0.05) is 166 Å². The van der Waals surface area contributed by atoms with Crippen molar-refractivity contribution in [2.24, 2.45) is 35.5 Å². The van der Waals surface area contributed by atoms with E-state index >= 15 is 0 Å². The van der Waals surface area contributed by atoms with Gasteiger partial charge in [0.15, 0.2) is 0 Å². The van der Waals surface area contributed by atoms with Gasteiger partial charge in [0.2, 0.25) is 0 Å². The number of carbonyl (C=O) groups is 6. The minimum atomic E-state index is 0. The van der Waals surface area contributed by atoms with Crippen LogP contribution in [0.25, 0.3) is 0 Å². The quantitative estimate of drug-likeness (QED) is 0.0479. The molecule has 0 aliphatic rings. The molecule has 0 bridgehead atoms. The number of rotatable bonds is 33. The zero-order valence-electron chi connectivity index (χ0n) is 40.0. The molecule has 0 heterocycles. The summed E-state index contributed by atoms with van der Waals surface area (Å²) in [5, 5.41) is 0. The molecule has 9 heteroatoms. The van der Waals surface area contributed by atoms with Gasteiger partial charge < -0.3 is 41.1 Å². The van der Waals surface area contributed by atoms with E-state index in [-0.39, 0.29) is 180 Å². The molecule has 0 amide bonds. The average molecular weight is 1590 g/mol. The normalized spacial score (nSPS) is 9.47. The SMILES string of the molecule is C.C.C.C.C.C.CC(C)CCCCC(=O)CC[CH-]CC(=O)C(C)C.CC(C)CCCCC(=O)C[CH-]CCC(=O)C(C)C.CC(C)CCCCC(=O)C[CH-]CCC(=O)C(C)C.[CH3-].[U+2].[U].[U]. The van der Waals surface area contributed by atoms with Gasteiger partial charge >= 0.3 is 31.1 Å². The molecule has 0 radical (unpaired) electrons. The van der Waals surface area contributed by atoms with Crippen LogP contribution >= 0.6 is 0 Å². The van der Waals surface area contributed by atoms with E-state index in [9.17, 15) is 28.8 Å². The molecule has 384 valence electrons. The van der Waals surface area contributed by atoms with Crippen LogP contribution in [0.4, 0.5) is 0 Å². The summed E-state index contributed by atoms with van der Waals surface area (Å²) in [6, 6.07) is 0. The molecular formula is C55H114O6U3-2. The van der Waals surface area contributed by atoms with Crippen molar-refractivity contribution in [3.8, 4) is 0 Å². The first-order valence-corrected chi connectivity index (χ1v) is 21.9. The molecule has 0 aliphatic carbocycles. The third kappa shape index (κ3) is 80.2. The Kier molecular flexibility index (Phi) is 105. The van der Waals surface area contributed by atoms with E-state index in [0.717, 1.165) is 75.5 Å². The standard InChI is InChI=1S/3C16H29O2.6CH4.CH3.3U/c3*1-13(2)9-5-6-10-15(17)11-7-8-12-16(18)14(3)4;;;;;;;;;;/h8,13-14H,5-7,9-12H2,1-4H3;2*7,13-14H,5-6,8-12H2,1-4H3;6*1H4;1H3;;;/q3*-1;;;;;;;-1;;;+2. The summed E-state index contributed by atoms with van der Waals surface area (Å²) in [4.78, 5) is 68.7. The van der Waals surface area contributed by atoms with Gasteiger partial charge in [-0.2, -0.15) is 19.3 Å². The smallest absolute Gasteiger partial charge is 0.358 e. The maximum atomic E-state index is 11.6. The van der Waals surface area contributed by atoms with E-state index < -0.39 is 0 Å². The number of carbonyl (C=O) groups excluding carboxylic acids is 6. The summed E-state index contributed by atoms with van der Waals surface area (Å²) in [5.41, 5.74) is 0. The van der Waals surface area contributed by atoms with Gasteiger partial charge in [-0.05, 0) is 56.3 Å². The molecule has 0 aliphatic heterocycles. The Morgan fingerprint density at radius 3 is 0.859 bits per heavy atom. The second-order valence-corrected chi connectivity index (χ2v) is 17.5. The molecule has 64 heavy (non-hydrogen) atoms. The van der Waals surface area contributed by atoms with Crippen molar-refractivity contribution >= 4 is 34.7 Å². The zero-order valence-corrected chi connectivity index (χ0v) is 52.5. The van der Waals surface area contributed by atoms with Crippen LogP contribution in [0.1, 0.15) is 262 Å². The van der Waals surface area contributed by atoms with E-state index in [0.29, 0.717) is 75.1 Å². The summed E-state index contributed by atoms with van der Waals surface area (Å²) in [5.74, 6) is 4.34. The van der Waals surface area contributed by atoms with Crippen LogP contribution in [0.15, 0.2) is 0 Å². The Hall–Kier alpha value is 1.18. The van der Waals surface area contributed by atoms with Gasteiger partial charge in [-0.15, -0.1) is 19.3 Å². The molecule has 0 spiro atoms. The third-order valence-corrected chi connectivity index (χ3v) is 9.30. The zero-order chi connectivity index (χ0) is 41.9. The Labute approximate surface area is 476 Å². The predicted molar refractivity (Wildman–Crippen MR) is 276 cm³/mol. The van der Waals surface area contributed by atoms with Crippen molar-refractivity contribution in [3.05, 3.63) is 26.7 Å². The fraction of sp³-hybridized carbons (Fsp3) is 0.818. The van der Waals surface area contributed by atoms with Crippen molar-refractivity contribution in [3.63, 3.8) is 0 Å². The van der Waals surface area contributed by atoms with Gasteiger partial charge in [0.1, 0.15) is 34.7 Å². The Morgan fingerprint density at radius 2 is 0.594 bits per heavy atom. The maximum absolute atomic E-state index is 11.6.